The Morgan fingerprint density at radius 2 is 2.17 bits per heavy atom. The van der Waals surface area contributed by atoms with Crippen molar-refractivity contribution in [3.8, 4) is 0 Å². The van der Waals surface area contributed by atoms with E-state index in [-0.39, 0.29) is 12.1 Å². The van der Waals surface area contributed by atoms with E-state index in [4.69, 9.17) is 4.55 Å². The minimum Gasteiger partial charge on any atom is -0.412 e. The van der Waals surface area contributed by atoms with Crippen molar-refractivity contribution in [1.82, 2.24) is 0 Å². The van der Waals surface area contributed by atoms with Crippen LogP contribution in [0.5, 0.6) is 0 Å². The van der Waals surface area contributed by atoms with E-state index in [1.165, 1.54) is 6.08 Å². The van der Waals surface area contributed by atoms with Crippen molar-refractivity contribution in [3.63, 3.8) is 0 Å². The molecule has 0 aliphatic rings. The number of hydrogen-bond acceptors (Lipinski definition) is 5. The predicted molar refractivity (Wildman–Crippen MR) is 41.8 cm³/mol. The molecule has 74 valence electrons. The molecule has 0 aromatic rings. The van der Waals surface area contributed by atoms with E-state index in [9.17, 15) is 8.42 Å². The van der Waals surface area contributed by atoms with Gasteiger partial charge in [0.15, 0.2) is 9.03 Å². The van der Waals surface area contributed by atoms with Gasteiger partial charge in [-0.2, -0.15) is 13.1 Å². The van der Waals surface area contributed by atoms with Gasteiger partial charge in [-0.25, -0.2) is 0 Å². The van der Waals surface area contributed by atoms with Gasteiger partial charge in [0.25, 0.3) is 0 Å². The van der Waals surface area contributed by atoms with Crippen LogP contribution in [-0.2, 0) is 23.9 Å². The summed E-state index contributed by atoms with van der Waals surface area (Å²) in [5.41, 5.74) is 0. The van der Waals surface area contributed by atoms with Crippen molar-refractivity contribution in [3.05, 3.63) is 12.7 Å². The predicted octanol–water partition coefficient (Wildman–Crippen LogP) is -0.376. The van der Waals surface area contributed by atoms with Crippen LogP contribution in [0.15, 0.2) is 12.7 Å². The molecule has 12 heavy (non-hydrogen) atoms. The average Bonchev–Trinajstić information content (AvgIpc) is 1.85. The highest BCUT2D eigenvalue weighted by Gasteiger charge is 2.04. The van der Waals surface area contributed by atoms with Crippen molar-refractivity contribution < 1.29 is 32.0 Å². The maximum atomic E-state index is 9.80. The Morgan fingerprint density at radius 3 is 2.58 bits per heavy atom. The summed E-state index contributed by atoms with van der Waals surface area (Å²) in [6.07, 6.45) is 1.45. The molecular weight excluding hydrogens is 211 g/mol. The first-order chi connectivity index (χ1) is 5.06. The van der Waals surface area contributed by atoms with Crippen LogP contribution in [0.2, 0.25) is 0 Å². The SMILES string of the molecule is C=CCOPOOS(=O)(=O)O.O. The summed E-state index contributed by atoms with van der Waals surface area (Å²) in [4.78, 5) is 0. The molecule has 3 N–H and O–H groups in total. The molecule has 0 heterocycles. The summed E-state index contributed by atoms with van der Waals surface area (Å²) in [5, 5.41) is 0. The molecule has 0 saturated carbocycles. The molecule has 0 aliphatic carbocycles. The summed E-state index contributed by atoms with van der Waals surface area (Å²) in [5.74, 6) is 0. The third kappa shape index (κ3) is 12.6. The second-order valence-corrected chi connectivity index (χ2v) is 2.88. The lowest BCUT2D eigenvalue weighted by Gasteiger charge is -1.97. The third-order valence-corrected chi connectivity index (χ3v) is 1.21. The van der Waals surface area contributed by atoms with E-state index >= 15 is 0 Å². The fourth-order valence-electron chi connectivity index (χ4n) is 0.174. The topological polar surface area (TPSA) is 114 Å². The van der Waals surface area contributed by atoms with Crippen LogP contribution in [-0.4, -0.2) is 25.1 Å². The first-order valence-electron chi connectivity index (χ1n) is 2.36. The van der Waals surface area contributed by atoms with E-state index in [2.05, 4.69) is 20.1 Å². The van der Waals surface area contributed by atoms with Crippen LogP contribution in [0.25, 0.3) is 0 Å². The lowest BCUT2D eigenvalue weighted by atomic mass is 10.7. The zero-order chi connectivity index (χ0) is 8.74. The van der Waals surface area contributed by atoms with Gasteiger partial charge in [0.1, 0.15) is 0 Å². The Morgan fingerprint density at radius 1 is 1.58 bits per heavy atom. The molecule has 0 rings (SSSR count). The Balaban J connectivity index is 0. The van der Waals surface area contributed by atoms with E-state index in [1.54, 1.807) is 0 Å². The molecule has 0 aliphatic heterocycles. The maximum absolute atomic E-state index is 9.80. The highest BCUT2D eigenvalue weighted by molar-refractivity contribution is 7.80. The van der Waals surface area contributed by atoms with Crippen molar-refractivity contribution in [2.24, 2.45) is 0 Å². The number of rotatable bonds is 6. The molecule has 0 spiro atoms. The standard InChI is InChI=1S/C3H7O6PS.H2O/c1-2-3-7-10-8-9-11(4,5)6;/h2,10H,1,3H2,(H,4,5,6);1H2. The molecule has 9 heteroatoms. The summed E-state index contributed by atoms with van der Waals surface area (Å²) in [6.45, 7) is 3.54. The van der Waals surface area contributed by atoms with Crippen molar-refractivity contribution in [1.29, 1.82) is 0 Å². The summed E-state index contributed by atoms with van der Waals surface area (Å²) in [6, 6.07) is 0. The highest BCUT2D eigenvalue weighted by atomic mass is 32.3. The van der Waals surface area contributed by atoms with Gasteiger partial charge in [0.05, 0.1) is 6.61 Å². The van der Waals surface area contributed by atoms with Gasteiger partial charge in [-0.3, -0.25) is 4.55 Å². The van der Waals surface area contributed by atoms with Gasteiger partial charge in [0.2, 0.25) is 0 Å². The van der Waals surface area contributed by atoms with Gasteiger partial charge in [-0.15, -0.1) is 6.58 Å². The maximum Gasteiger partial charge on any atom is 0.424 e. The molecule has 0 aromatic carbocycles. The number of hydrogen-bond donors (Lipinski definition) is 1. The van der Waals surface area contributed by atoms with Crippen LogP contribution in [0, 0.1) is 0 Å². The summed E-state index contributed by atoms with van der Waals surface area (Å²) < 4.78 is 39.5. The Labute approximate surface area is 71.5 Å². The summed E-state index contributed by atoms with van der Waals surface area (Å²) in [7, 11) is -5.15. The van der Waals surface area contributed by atoms with Crippen LogP contribution in [0.4, 0.5) is 0 Å². The van der Waals surface area contributed by atoms with Crippen molar-refractivity contribution in [2.75, 3.05) is 6.61 Å². The summed E-state index contributed by atoms with van der Waals surface area (Å²) >= 11 is 0. The van der Waals surface area contributed by atoms with Crippen molar-refractivity contribution in [2.45, 2.75) is 0 Å². The molecule has 1 unspecified atom stereocenters. The molecule has 0 amide bonds. The van der Waals surface area contributed by atoms with Crippen LogP contribution in [0.1, 0.15) is 0 Å². The average molecular weight is 220 g/mol. The Bertz CT molecular complexity index is 199. The second kappa shape index (κ2) is 7.56. The Kier molecular flexibility index (Phi) is 9.10. The normalized spacial score (nSPS) is 11.4. The van der Waals surface area contributed by atoms with Crippen molar-refractivity contribution >= 4 is 19.4 Å². The molecule has 0 bridgehead atoms. The van der Waals surface area contributed by atoms with Gasteiger partial charge >= 0.3 is 10.4 Å². The fraction of sp³-hybridized carbons (Fsp3) is 0.333. The van der Waals surface area contributed by atoms with E-state index in [0.717, 1.165) is 0 Å². The van der Waals surface area contributed by atoms with E-state index in [0.29, 0.717) is 0 Å². The first kappa shape index (κ1) is 14.4. The smallest absolute Gasteiger partial charge is 0.412 e. The zero-order valence-corrected chi connectivity index (χ0v) is 7.70. The van der Waals surface area contributed by atoms with Crippen LogP contribution >= 0.6 is 9.03 Å². The second-order valence-electron chi connectivity index (χ2n) is 1.26. The minimum atomic E-state index is -4.53. The third-order valence-electron chi connectivity index (χ3n) is 0.414. The first-order valence-corrected chi connectivity index (χ1v) is 4.54. The van der Waals surface area contributed by atoms with Crippen LogP contribution in [0.3, 0.4) is 0 Å². The highest BCUT2D eigenvalue weighted by Crippen LogP contribution is 2.14. The monoisotopic (exact) mass is 220 g/mol. The molecule has 0 radical (unpaired) electrons. The molecule has 1 atom stereocenters. The lowest BCUT2D eigenvalue weighted by molar-refractivity contribution is -0.0970. The molecule has 0 fully saturated rings. The molecule has 0 aromatic heterocycles. The quantitative estimate of drug-likeness (QED) is 0.163. The fourth-order valence-corrected chi connectivity index (χ4v) is 0.863. The minimum absolute atomic E-state index is 0. The van der Waals surface area contributed by atoms with Gasteiger partial charge in [-0.1, -0.05) is 10.4 Å². The molecule has 0 saturated heterocycles. The Hall–Kier alpha value is -0.0800. The van der Waals surface area contributed by atoms with Gasteiger partial charge in [0, 0.05) is 0 Å². The van der Waals surface area contributed by atoms with Gasteiger partial charge < -0.3 is 10.00 Å². The van der Waals surface area contributed by atoms with Crippen LogP contribution < -0.4 is 0 Å². The molecular formula is C3H9O7PS. The lowest BCUT2D eigenvalue weighted by Crippen LogP contribution is -2.00. The van der Waals surface area contributed by atoms with E-state index < -0.39 is 19.4 Å². The van der Waals surface area contributed by atoms with Gasteiger partial charge in [-0.05, 0) is 0 Å². The molecule has 7 nitrogen and oxygen atoms in total. The largest absolute Gasteiger partial charge is 0.424 e. The van der Waals surface area contributed by atoms with E-state index in [1.807, 2.05) is 0 Å². The zero-order valence-electron chi connectivity index (χ0n) is 5.89.